The molecule has 0 amide bonds. The Labute approximate surface area is 145 Å². The number of aromatic nitrogens is 1. The molecule has 130 valence electrons. The number of hydrazone groups is 1. The summed E-state index contributed by atoms with van der Waals surface area (Å²) in [7, 11) is 0. The average Bonchev–Trinajstić information content (AvgIpc) is 2.61. The van der Waals surface area contributed by atoms with E-state index < -0.39 is 5.82 Å². The first-order chi connectivity index (χ1) is 11.7. The fourth-order valence-electron chi connectivity index (χ4n) is 2.75. The number of nitrogens with zero attached hydrogens (tertiary/aromatic N) is 4. The highest BCUT2D eigenvalue weighted by Crippen LogP contribution is 2.25. The molecule has 0 unspecified atom stereocenters. The number of ether oxygens (including phenoxy) is 1. The molecule has 2 N–H and O–H groups in total. The molecule has 1 saturated heterocycles. The van der Waals surface area contributed by atoms with Crippen LogP contribution >= 0.6 is 12.2 Å². The lowest BCUT2D eigenvalue weighted by Crippen LogP contribution is -2.51. The monoisotopic (exact) mass is 353 g/mol. The van der Waals surface area contributed by atoms with Gasteiger partial charge in [0.1, 0.15) is 5.69 Å². The second-order valence-electron chi connectivity index (χ2n) is 5.60. The van der Waals surface area contributed by atoms with Crippen LogP contribution in [-0.4, -0.2) is 76.7 Å². The van der Waals surface area contributed by atoms with Crippen molar-refractivity contribution in [1.29, 1.82) is 0 Å². The Bertz CT molecular complexity index is 634. The van der Waals surface area contributed by atoms with E-state index >= 15 is 0 Å². The number of thiocarbonyl (C=S) groups is 1. The lowest BCUT2D eigenvalue weighted by molar-refractivity contribution is 0.146. The Morgan fingerprint density at radius 3 is 2.96 bits per heavy atom. The van der Waals surface area contributed by atoms with Gasteiger partial charge in [0.15, 0.2) is 16.7 Å². The lowest BCUT2D eigenvalue weighted by atomic mass is 10.1. The number of halogens is 1. The summed E-state index contributed by atoms with van der Waals surface area (Å²) in [6.07, 6.45) is 1.94. The summed E-state index contributed by atoms with van der Waals surface area (Å²) >= 11 is 5.38. The van der Waals surface area contributed by atoms with Gasteiger partial charge in [0.2, 0.25) is 0 Å². The average molecular weight is 353 g/mol. The quantitative estimate of drug-likeness (QED) is 0.594. The summed E-state index contributed by atoms with van der Waals surface area (Å²) in [4.78, 5) is 8.38. The van der Waals surface area contributed by atoms with Crippen LogP contribution in [0.2, 0.25) is 0 Å². The van der Waals surface area contributed by atoms with Crippen molar-refractivity contribution in [3.8, 4) is 5.75 Å². The summed E-state index contributed by atoms with van der Waals surface area (Å²) in [5, 5.41) is 13.8. The Kier molecular flexibility index (Phi) is 5.54. The van der Waals surface area contributed by atoms with Crippen LogP contribution in [0.1, 0.15) is 12.1 Å². The highest BCUT2D eigenvalue weighted by Gasteiger charge is 2.23. The fraction of sp³-hybridized carbons (Fsp3) is 0.533. The van der Waals surface area contributed by atoms with E-state index in [1.54, 1.807) is 0 Å². The van der Waals surface area contributed by atoms with Crippen molar-refractivity contribution in [1.82, 2.24) is 20.2 Å². The van der Waals surface area contributed by atoms with Crippen LogP contribution in [-0.2, 0) is 0 Å². The number of β-amino-alcohol motifs (C(OH)–C–C–N with tert-alkyl or cyclic N) is 1. The number of aliphatic hydroxyl groups is 1. The lowest BCUT2D eigenvalue weighted by Gasteiger charge is -2.35. The maximum absolute atomic E-state index is 13.7. The molecule has 2 aliphatic rings. The largest absolute Gasteiger partial charge is 0.488 e. The van der Waals surface area contributed by atoms with Crippen molar-refractivity contribution < 1.29 is 14.2 Å². The number of hydrogen-bond acceptors (Lipinski definition) is 6. The number of rotatable bonds is 3. The van der Waals surface area contributed by atoms with Gasteiger partial charge in [0.05, 0.1) is 18.9 Å². The normalized spacial score (nSPS) is 19.8. The minimum absolute atomic E-state index is 0.146. The van der Waals surface area contributed by atoms with E-state index in [1.165, 1.54) is 12.3 Å². The van der Waals surface area contributed by atoms with Crippen molar-refractivity contribution >= 4 is 23.0 Å². The number of fused-ring (bicyclic) bond motifs is 1. The van der Waals surface area contributed by atoms with E-state index in [9.17, 15) is 4.39 Å². The van der Waals surface area contributed by atoms with Gasteiger partial charge >= 0.3 is 0 Å². The van der Waals surface area contributed by atoms with Crippen LogP contribution in [0.5, 0.6) is 5.75 Å². The zero-order chi connectivity index (χ0) is 16.9. The maximum atomic E-state index is 13.7. The molecule has 0 aliphatic carbocycles. The van der Waals surface area contributed by atoms with Crippen LogP contribution in [0.4, 0.5) is 4.39 Å². The Hall–Kier alpha value is -1.84. The molecule has 7 nitrogen and oxygen atoms in total. The molecule has 1 aromatic heterocycles. The Morgan fingerprint density at radius 2 is 2.21 bits per heavy atom. The van der Waals surface area contributed by atoms with Crippen molar-refractivity contribution in [3.63, 3.8) is 0 Å². The molecule has 3 heterocycles. The fourth-order valence-corrected chi connectivity index (χ4v) is 2.97. The van der Waals surface area contributed by atoms with Gasteiger partial charge in [0.25, 0.3) is 0 Å². The molecule has 1 fully saturated rings. The standard InChI is InChI=1S/C15H20FN5O2S/c16-11-1-3-17-13-12(2-10-23-14(11)13)18-19-15(24)21-6-4-20(5-7-21)8-9-22/h1,3,22H,2,4-10H2,(H,19,24)/b18-12-. The number of nitrogens with one attached hydrogen (secondary N) is 1. The van der Waals surface area contributed by atoms with Gasteiger partial charge in [-0.3, -0.25) is 15.3 Å². The summed E-state index contributed by atoms with van der Waals surface area (Å²) in [6.45, 7) is 4.48. The minimum Gasteiger partial charge on any atom is -0.488 e. The van der Waals surface area contributed by atoms with Crippen LogP contribution in [0.15, 0.2) is 17.4 Å². The molecular weight excluding hydrogens is 333 g/mol. The maximum Gasteiger partial charge on any atom is 0.189 e. The smallest absolute Gasteiger partial charge is 0.189 e. The molecule has 1 aromatic rings. The van der Waals surface area contributed by atoms with Crippen molar-refractivity contribution in [2.24, 2.45) is 5.10 Å². The number of piperazine rings is 1. The first-order valence-electron chi connectivity index (χ1n) is 7.91. The third-order valence-electron chi connectivity index (χ3n) is 4.08. The van der Waals surface area contributed by atoms with Gasteiger partial charge in [-0.15, -0.1) is 0 Å². The van der Waals surface area contributed by atoms with Crippen LogP contribution in [0, 0.1) is 5.82 Å². The zero-order valence-electron chi connectivity index (χ0n) is 13.2. The molecule has 9 heteroatoms. The molecule has 0 saturated carbocycles. The van der Waals surface area contributed by atoms with E-state index in [2.05, 4.69) is 20.4 Å². The van der Waals surface area contributed by atoms with Gasteiger partial charge in [-0.1, -0.05) is 0 Å². The second kappa shape index (κ2) is 7.82. The Morgan fingerprint density at radius 1 is 1.42 bits per heavy atom. The van der Waals surface area contributed by atoms with Crippen LogP contribution in [0.25, 0.3) is 0 Å². The molecule has 24 heavy (non-hydrogen) atoms. The Balaban J connectivity index is 1.61. The van der Waals surface area contributed by atoms with Gasteiger partial charge < -0.3 is 14.7 Å². The molecule has 2 aliphatic heterocycles. The number of aliphatic hydroxyl groups excluding tert-OH is 1. The van der Waals surface area contributed by atoms with Gasteiger partial charge in [-0.2, -0.15) is 5.10 Å². The molecule has 0 atom stereocenters. The third kappa shape index (κ3) is 3.80. The summed E-state index contributed by atoms with van der Waals surface area (Å²) < 4.78 is 19.1. The predicted octanol–water partition coefficient (Wildman–Crippen LogP) is 0.192. The van der Waals surface area contributed by atoms with Gasteiger partial charge in [-0.05, 0) is 18.3 Å². The SMILES string of the molecule is OCCN1CCN(C(=S)N/N=C2/CCOc3c(F)ccnc32)CC1. The minimum atomic E-state index is -0.435. The van der Waals surface area contributed by atoms with E-state index in [-0.39, 0.29) is 12.4 Å². The van der Waals surface area contributed by atoms with E-state index in [0.29, 0.717) is 36.1 Å². The molecule has 0 bridgehead atoms. The topological polar surface area (TPSA) is 73.2 Å². The van der Waals surface area contributed by atoms with Crippen molar-refractivity contribution in [2.75, 3.05) is 45.9 Å². The molecule has 0 spiro atoms. The highest BCUT2D eigenvalue weighted by atomic mass is 32.1. The first kappa shape index (κ1) is 17.0. The van der Waals surface area contributed by atoms with Crippen LogP contribution in [0.3, 0.4) is 0 Å². The van der Waals surface area contributed by atoms with E-state index in [0.717, 1.165) is 26.2 Å². The zero-order valence-corrected chi connectivity index (χ0v) is 14.1. The van der Waals surface area contributed by atoms with Crippen LogP contribution < -0.4 is 10.2 Å². The molecular formula is C15H20FN5O2S. The van der Waals surface area contributed by atoms with Gasteiger partial charge in [-0.25, -0.2) is 4.39 Å². The summed E-state index contributed by atoms with van der Waals surface area (Å²) in [5.74, 6) is -0.289. The predicted molar refractivity (Wildman–Crippen MR) is 91.7 cm³/mol. The highest BCUT2D eigenvalue weighted by molar-refractivity contribution is 7.80. The summed E-state index contributed by atoms with van der Waals surface area (Å²) in [5.41, 5.74) is 3.95. The first-order valence-corrected chi connectivity index (χ1v) is 8.32. The van der Waals surface area contributed by atoms with E-state index in [4.69, 9.17) is 22.1 Å². The third-order valence-corrected chi connectivity index (χ3v) is 4.43. The number of hydrogen-bond donors (Lipinski definition) is 2. The van der Waals surface area contributed by atoms with Crippen molar-refractivity contribution in [3.05, 3.63) is 23.8 Å². The van der Waals surface area contributed by atoms with Crippen molar-refractivity contribution in [2.45, 2.75) is 6.42 Å². The molecule has 3 rings (SSSR count). The van der Waals surface area contributed by atoms with Gasteiger partial charge in [0, 0.05) is 45.3 Å². The summed E-state index contributed by atoms with van der Waals surface area (Å²) in [6, 6.07) is 1.27. The molecule has 0 radical (unpaired) electrons. The molecule has 0 aromatic carbocycles. The second-order valence-corrected chi connectivity index (χ2v) is 5.98. The number of pyridine rings is 1. The van der Waals surface area contributed by atoms with E-state index in [1.807, 2.05) is 4.90 Å².